The average Bonchev–Trinajstić information content (AvgIpc) is 2.77. The lowest BCUT2D eigenvalue weighted by atomic mass is 10.0. The molecule has 0 aliphatic heterocycles. The molecule has 1 aliphatic rings. The van der Waals surface area contributed by atoms with Crippen molar-refractivity contribution in [2.24, 2.45) is 0 Å². The zero-order valence-electron chi connectivity index (χ0n) is 10.8. The lowest BCUT2D eigenvalue weighted by Crippen LogP contribution is -2.28. The third-order valence-electron chi connectivity index (χ3n) is 3.05. The second-order valence-corrected chi connectivity index (χ2v) is 5.74. The number of carbonyl (C=O) groups is 1. The molecule has 0 saturated carbocycles. The van der Waals surface area contributed by atoms with Crippen molar-refractivity contribution in [3.8, 4) is 0 Å². The normalized spacial score (nSPS) is 14.3. The van der Waals surface area contributed by atoms with Gasteiger partial charge in [0.15, 0.2) is 0 Å². The summed E-state index contributed by atoms with van der Waals surface area (Å²) >= 11 is 1.86. The molecule has 0 unspecified atom stereocenters. The van der Waals surface area contributed by atoms with Crippen molar-refractivity contribution in [1.82, 2.24) is 10.3 Å². The molecule has 4 nitrogen and oxygen atoms in total. The maximum atomic E-state index is 11.2. The van der Waals surface area contributed by atoms with E-state index in [1.54, 1.807) is 0 Å². The zero-order chi connectivity index (χ0) is 12.8. The lowest BCUT2D eigenvalue weighted by Gasteiger charge is -2.06. The van der Waals surface area contributed by atoms with Crippen molar-refractivity contribution in [3.05, 3.63) is 15.6 Å². The number of ether oxygens (including phenoxy) is 1. The number of aromatic nitrogens is 1. The van der Waals surface area contributed by atoms with E-state index in [0.29, 0.717) is 6.54 Å². The molecule has 0 spiro atoms. The number of aryl methyl sites for hydroxylation is 3. The fourth-order valence-corrected chi connectivity index (χ4v) is 3.36. The first-order valence-corrected chi connectivity index (χ1v) is 7.34. The van der Waals surface area contributed by atoms with Crippen LogP contribution in [0.15, 0.2) is 0 Å². The summed E-state index contributed by atoms with van der Waals surface area (Å²) < 4.78 is 4.75. The van der Waals surface area contributed by atoms with Crippen LogP contribution in [0.5, 0.6) is 0 Å². The molecule has 1 heterocycles. The number of rotatable bonds is 6. The van der Waals surface area contributed by atoms with Gasteiger partial charge in [0.2, 0.25) is 5.91 Å². The van der Waals surface area contributed by atoms with Crippen LogP contribution in [0, 0.1) is 0 Å². The molecule has 1 aliphatic carbocycles. The van der Waals surface area contributed by atoms with Gasteiger partial charge in [0.25, 0.3) is 0 Å². The number of fused-ring (bicyclic) bond motifs is 1. The van der Waals surface area contributed by atoms with E-state index in [4.69, 9.17) is 4.74 Å². The molecule has 100 valence electrons. The van der Waals surface area contributed by atoms with Crippen LogP contribution in [-0.4, -0.2) is 31.2 Å². The monoisotopic (exact) mass is 268 g/mol. The van der Waals surface area contributed by atoms with Gasteiger partial charge in [0, 0.05) is 25.0 Å². The Morgan fingerprint density at radius 3 is 3.06 bits per heavy atom. The Kier molecular flexibility index (Phi) is 5.13. The summed E-state index contributed by atoms with van der Waals surface area (Å²) in [4.78, 5) is 17.3. The predicted molar refractivity (Wildman–Crippen MR) is 72.0 cm³/mol. The minimum absolute atomic E-state index is 0.0454. The van der Waals surface area contributed by atoms with Crippen LogP contribution in [-0.2, 0) is 28.8 Å². The van der Waals surface area contributed by atoms with Crippen LogP contribution in [0.25, 0.3) is 0 Å². The van der Waals surface area contributed by atoms with Gasteiger partial charge in [-0.05, 0) is 32.1 Å². The fourth-order valence-electron chi connectivity index (χ4n) is 2.16. The number of amides is 1. The first-order chi connectivity index (χ1) is 8.79. The van der Waals surface area contributed by atoms with Crippen LogP contribution < -0.4 is 5.32 Å². The third kappa shape index (κ3) is 3.78. The second kappa shape index (κ2) is 6.85. The third-order valence-corrected chi connectivity index (χ3v) is 4.27. The van der Waals surface area contributed by atoms with Gasteiger partial charge in [-0.25, -0.2) is 4.98 Å². The second-order valence-electron chi connectivity index (χ2n) is 4.57. The number of hydrogen-bond donors (Lipinski definition) is 1. The van der Waals surface area contributed by atoms with Gasteiger partial charge < -0.3 is 10.1 Å². The topological polar surface area (TPSA) is 51.2 Å². The van der Waals surface area contributed by atoms with Crippen molar-refractivity contribution in [2.45, 2.75) is 38.5 Å². The first-order valence-electron chi connectivity index (χ1n) is 6.52. The summed E-state index contributed by atoms with van der Waals surface area (Å²) in [5, 5.41) is 4.05. The Morgan fingerprint density at radius 1 is 1.44 bits per heavy atom. The molecule has 0 saturated heterocycles. The summed E-state index contributed by atoms with van der Waals surface area (Å²) in [6.45, 7) is 0.845. The van der Waals surface area contributed by atoms with E-state index in [0.717, 1.165) is 19.3 Å². The van der Waals surface area contributed by atoms with Crippen molar-refractivity contribution in [3.63, 3.8) is 0 Å². The maximum Gasteiger partial charge on any atom is 0.245 e. The molecule has 1 N–H and O–H groups in total. The van der Waals surface area contributed by atoms with Gasteiger partial charge in [-0.1, -0.05) is 0 Å². The molecular weight excluding hydrogens is 248 g/mol. The van der Waals surface area contributed by atoms with Gasteiger partial charge in [0.1, 0.15) is 6.61 Å². The molecule has 1 aromatic rings. The Morgan fingerprint density at radius 2 is 2.28 bits per heavy atom. The molecule has 0 fully saturated rings. The molecule has 5 heteroatoms. The number of nitrogens with zero attached hydrogens (tertiary/aromatic N) is 1. The number of carbonyl (C=O) groups excluding carboxylic acids is 1. The molecule has 1 aromatic heterocycles. The quantitative estimate of drug-likeness (QED) is 0.799. The number of nitrogens with one attached hydrogen (secondary N) is 1. The molecule has 0 atom stereocenters. The van der Waals surface area contributed by atoms with Crippen LogP contribution in [0.1, 0.15) is 34.8 Å². The van der Waals surface area contributed by atoms with Crippen molar-refractivity contribution < 1.29 is 9.53 Å². The van der Waals surface area contributed by atoms with E-state index < -0.39 is 0 Å². The van der Waals surface area contributed by atoms with E-state index in [1.807, 2.05) is 11.3 Å². The van der Waals surface area contributed by atoms with Crippen LogP contribution in [0.3, 0.4) is 0 Å². The predicted octanol–water partition coefficient (Wildman–Crippen LogP) is 1.72. The van der Waals surface area contributed by atoms with Crippen molar-refractivity contribution >= 4 is 17.2 Å². The lowest BCUT2D eigenvalue weighted by molar-refractivity contribution is -0.124. The van der Waals surface area contributed by atoms with Gasteiger partial charge in [-0.15, -0.1) is 11.3 Å². The average molecular weight is 268 g/mol. The van der Waals surface area contributed by atoms with Gasteiger partial charge in [-0.3, -0.25) is 4.79 Å². The molecule has 18 heavy (non-hydrogen) atoms. The molecule has 0 aromatic carbocycles. The SMILES string of the molecule is COCC(=O)NCCCc1nc2c(s1)CCCC2. The Labute approximate surface area is 112 Å². The van der Waals surface area contributed by atoms with Gasteiger partial charge in [0.05, 0.1) is 10.7 Å². The van der Waals surface area contributed by atoms with E-state index in [2.05, 4.69) is 10.3 Å². The Hall–Kier alpha value is -0.940. The highest BCUT2D eigenvalue weighted by Gasteiger charge is 2.14. The summed E-state index contributed by atoms with van der Waals surface area (Å²) in [6, 6.07) is 0. The number of methoxy groups -OCH3 is 1. The summed E-state index contributed by atoms with van der Waals surface area (Å²) in [6.07, 6.45) is 6.85. The molecule has 0 radical (unpaired) electrons. The summed E-state index contributed by atoms with van der Waals surface area (Å²) in [5.41, 5.74) is 1.32. The maximum absolute atomic E-state index is 11.2. The fraction of sp³-hybridized carbons (Fsp3) is 0.692. The van der Waals surface area contributed by atoms with E-state index in [1.165, 1.54) is 42.0 Å². The zero-order valence-corrected chi connectivity index (χ0v) is 11.6. The number of hydrogen-bond acceptors (Lipinski definition) is 4. The minimum Gasteiger partial charge on any atom is -0.375 e. The van der Waals surface area contributed by atoms with Gasteiger partial charge >= 0.3 is 0 Å². The summed E-state index contributed by atoms with van der Waals surface area (Å²) in [5.74, 6) is -0.0454. The smallest absolute Gasteiger partial charge is 0.245 e. The minimum atomic E-state index is -0.0454. The van der Waals surface area contributed by atoms with Crippen LogP contribution in [0.4, 0.5) is 0 Å². The van der Waals surface area contributed by atoms with Crippen molar-refractivity contribution in [2.75, 3.05) is 20.3 Å². The Balaban J connectivity index is 1.70. The van der Waals surface area contributed by atoms with E-state index in [-0.39, 0.29) is 12.5 Å². The van der Waals surface area contributed by atoms with Crippen LogP contribution >= 0.6 is 11.3 Å². The highest BCUT2D eigenvalue weighted by molar-refractivity contribution is 7.11. The Bertz CT molecular complexity index is 380. The molecule has 0 bridgehead atoms. The number of thiazole rings is 1. The highest BCUT2D eigenvalue weighted by atomic mass is 32.1. The van der Waals surface area contributed by atoms with Crippen LogP contribution in [0.2, 0.25) is 0 Å². The van der Waals surface area contributed by atoms with E-state index >= 15 is 0 Å². The standard InChI is InChI=1S/C13H20N2O2S/c1-17-9-12(16)14-8-4-7-13-15-10-5-2-3-6-11(10)18-13/h2-9H2,1H3,(H,14,16). The molecular formula is C13H20N2O2S. The molecule has 1 amide bonds. The van der Waals surface area contributed by atoms with Crippen molar-refractivity contribution in [1.29, 1.82) is 0 Å². The molecule has 2 rings (SSSR count). The van der Waals surface area contributed by atoms with Gasteiger partial charge in [-0.2, -0.15) is 0 Å². The first kappa shape index (κ1) is 13.5. The summed E-state index contributed by atoms with van der Waals surface area (Å²) in [7, 11) is 1.53. The highest BCUT2D eigenvalue weighted by Crippen LogP contribution is 2.27. The van der Waals surface area contributed by atoms with E-state index in [9.17, 15) is 4.79 Å². The largest absolute Gasteiger partial charge is 0.375 e.